The molecule has 1 aromatic rings. The summed E-state index contributed by atoms with van der Waals surface area (Å²) >= 11 is 3.29. The Morgan fingerprint density at radius 1 is 1.21 bits per heavy atom. The third kappa shape index (κ3) is 2.36. The molecule has 0 spiro atoms. The van der Waals surface area contributed by atoms with E-state index in [-0.39, 0.29) is 5.25 Å². The molecule has 1 aromatic carbocycles. The zero-order chi connectivity index (χ0) is 10.9. The van der Waals surface area contributed by atoms with Gasteiger partial charge < -0.3 is 0 Å². The van der Waals surface area contributed by atoms with Crippen LogP contribution in [0.4, 0.5) is 0 Å². The summed E-state index contributed by atoms with van der Waals surface area (Å²) in [5.74, 6) is 0. The molecule has 0 aliphatic heterocycles. The van der Waals surface area contributed by atoms with Crippen LogP contribution in [0.5, 0.6) is 0 Å². The summed E-state index contributed by atoms with van der Waals surface area (Å²) in [5, 5.41) is -0.379. The van der Waals surface area contributed by atoms with Crippen molar-refractivity contribution < 1.29 is 8.42 Å². The van der Waals surface area contributed by atoms with Crippen molar-refractivity contribution in [2.24, 2.45) is 0 Å². The second-order valence-electron chi connectivity index (χ2n) is 3.56. The van der Waals surface area contributed by atoms with Crippen LogP contribution in [0.2, 0.25) is 0 Å². The molecule has 14 heavy (non-hydrogen) atoms. The summed E-state index contributed by atoms with van der Waals surface area (Å²) in [4.78, 5) is 0.388. The minimum absolute atomic E-state index is 0.379. The van der Waals surface area contributed by atoms with Crippen LogP contribution >= 0.6 is 15.9 Å². The Labute approximate surface area is 93.4 Å². The van der Waals surface area contributed by atoms with Crippen molar-refractivity contribution >= 4 is 25.8 Å². The van der Waals surface area contributed by atoms with Crippen LogP contribution in [0.1, 0.15) is 19.4 Å². The zero-order valence-corrected chi connectivity index (χ0v) is 10.8. The largest absolute Gasteiger partial charge is 0.223 e. The minimum atomic E-state index is -3.15. The molecule has 78 valence electrons. The minimum Gasteiger partial charge on any atom is -0.223 e. The van der Waals surface area contributed by atoms with Gasteiger partial charge in [-0.1, -0.05) is 15.9 Å². The molecular weight excluding hydrogens is 264 g/mol. The topological polar surface area (TPSA) is 34.1 Å². The van der Waals surface area contributed by atoms with E-state index < -0.39 is 9.84 Å². The average Bonchev–Trinajstić information content (AvgIpc) is 2.01. The van der Waals surface area contributed by atoms with Crippen LogP contribution in [0.3, 0.4) is 0 Å². The Morgan fingerprint density at radius 2 is 1.79 bits per heavy atom. The molecule has 0 fully saturated rings. The van der Waals surface area contributed by atoms with Crippen LogP contribution in [-0.2, 0) is 9.84 Å². The van der Waals surface area contributed by atoms with Crippen LogP contribution in [-0.4, -0.2) is 13.7 Å². The molecule has 0 heterocycles. The van der Waals surface area contributed by atoms with Gasteiger partial charge in [0.05, 0.1) is 10.1 Å². The summed E-state index contributed by atoms with van der Waals surface area (Å²) in [7, 11) is -3.15. The molecule has 4 heteroatoms. The SMILES string of the molecule is Cc1cc(Br)cc(S(=O)(=O)C(C)C)c1. The van der Waals surface area contributed by atoms with Gasteiger partial charge >= 0.3 is 0 Å². The van der Waals surface area contributed by atoms with E-state index in [1.165, 1.54) is 0 Å². The van der Waals surface area contributed by atoms with E-state index >= 15 is 0 Å². The quantitative estimate of drug-likeness (QED) is 0.833. The van der Waals surface area contributed by atoms with E-state index in [4.69, 9.17) is 0 Å². The second kappa shape index (κ2) is 4.03. The van der Waals surface area contributed by atoms with E-state index in [1.54, 1.807) is 26.0 Å². The van der Waals surface area contributed by atoms with Crippen molar-refractivity contribution in [2.45, 2.75) is 30.9 Å². The fourth-order valence-electron chi connectivity index (χ4n) is 1.14. The zero-order valence-electron chi connectivity index (χ0n) is 8.41. The number of halogens is 1. The number of hydrogen-bond donors (Lipinski definition) is 0. The van der Waals surface area contributed by atoms with Crippen molar-refractivity contribution in [1.82, 2.24) is 0 Å². The molecule has 0 radical (unpaired) electrons. The van der Waals surface area contributed by atoms with Crippen LogP contribution in [0.15, 0.2) is 27.6 Å². The third-order valence-electron chi connectivity index (χ3n) is 1.96. The molecule has 0 bridgehead atoms. The maximum Gasteiger partial charge on any atom is 0.180 e. The first-order chi connectivity index (χ1) is 6.34. The molecule has 1 rings (SSSR count). The number of rotatable bonds is 2. The molecule has 0 amide bonds. The third-order valence-corrected chi connectivity index (χ3v) is 4.56. The van der Waals surface area contributed by atoms with Crippen molar-refractivity contribution in [3.8, 4) is 0 Å². The molecule has 0 N–H and O–H groups in total. The molecule has 0 saturated heterocycles. The van der Waals surface area contributed by atoms with E-state index in [2.05, 4.69) is 15.9 Å². The first-order valence-corrected chi connectivity index (χ1v) is 6.69. The van der Waals surface area contributed by atoms with Gasteiger partial charge in [-0.05, 0) is 44.5 Å². The van der Waals surface area contributed by atoms with E-state index in [0.29, 0.717) is 4.90 Å². The van der Waals surface area contributed by atoms with Gasteiger partial charge in [0.25, 0.3) is 0 Å². The van der Waals surface area contributed by atoms with E-state index in [1.807, 2.05) is 13.0 Å². The lowest BCUT2D eigenvalue weighted by molar-refractivity contribution is 0.587. The lowest BCUT2D eigenvalue weighted by atomic mass is 10.2. The summed E-state index contributed by atoms with van der Waals surface area (Å²) in [6, 6.07) is 5.22. The highest BCUT2D eigenvalue weighted by atomic mass is 79.9. The van der Waals surface area contributed by atoms with Gasteiger partial charge in [0.2, 0.25) is 0 Å². The number of hydrogen-bond acceptors (Lipinski definition) is 2. The fourth-order valence-corrected chi connectivity index (χ4v) is 3.08. The predicted molar refractivity (Wildman–Crippen MR) is 61.2 cm³/mol. The summed E-state index contributed by atoms with van der Waals surface area (Å²) in [5.41, 5.74) is 0.943. The average molecular weight is 277 g/mol. The maximum atomic E-state index is 11.8. The molecule has 2 nitrogen and oxygen atoms in total. The molecule has 0 aliphatic rings. The Hall–Kier alpha value is -0.350. The van der Waals surface area contributed by atoms with Gasteiger partial charge in [0.15, 0.2) is 9.84 Å². The smallest absolute Gasteiger partial charge is 0.180 e. The molecule has 0 aromatic heterocycles. The Bertz CT molecular complexity index is 415. The van der Waals surface area contributed by atoms with E-state index in [0.717, 1.165) is 10.0 Å². The van der Waals surface area contributed by atoms with Gasteiger partial charge in [-0.3, -0.25) is 0 Å². The van der Waals surface area contributed by atoms with Crippen molar-refractivity contribution in [1.29, 1.82) is 0 Å². The summed E-state index contributed by atoms with van der Waals surface area (Å²) in [6.07, 6.45) is 0. The molecule has 0 aliphatic carbocycles. The fraction of sp³-hybridized carbons (Fsp3) is 0.400. The lowest BCUT2D eigenvalue weighted by Crippen LogP contribution is -2.14. The highest BCUT2D eigenvalue weighted by molar-refractivity contribution is 9.10. The standard InChI is InChI=1S/C10H13BrO2S/c1-7(2)14(12,13)10-5-8(3)4-9(11)6-10/h4-7H,1-3H3. The highest BCUT2D eigenvalue weighted by Gasteiger charge is 2.19. The maximum absolute atomic E-state index is 11.8. The normalized spacial score (nSPS) is 12.1. The van der Waals surface area contributed by atoms with Crippen LogP contribution in [0, 0.1) is 6.92 Å². The Morgan fingerprint density at radius 3 is 2.21 bits per heavy atom. The predicted octanol–water partition coefficient (Wildman–Crippen LogP) is 2.94. The first-order valence-electron chi connectivity index (χ1n) is 4.35. The number of sulfone groups is 1. The lowest BCUT2D eigenvalue weighted by Gasteiger charge is -2.08. The van der Waals surface area contributed by atoms with Crippen molar-refractivity contribution in [2.75, 3.05) is 0 Å². The number of benzene rings is 1. The van der Waals surface area contributed by atoms with Gasteiger partial charge in [-0.15, -0.1) is 0 Å². The molecule has 0 unspecified atom stereocenters. The van der Waals surface area contributed by atoms with Gasteiger partial charge in [0, 0.05) is 4.47 Å². The summed E-state index contributed by atoms with van der Waals surface area (Å²) in [6.45, 7) is 5.25. The molecular formula is C10H13BrO2S. The summed E-state index contributed by atoms with van der Waals surface area (Å²) < 4.78 is 24.4. The second-order valence-corrected chi connectivity index (χ2v) is 6.98. The van der Waals surface area contributed by atoms with E-state index in [9.17, 15) is 8.42 Å². The molecule has 0 atom stereocenters. The Balaban J connectivity index is 3.34. The van der Waals surface area contributed by atoms with Crippen molar-refractivity contribution in [3.63, 3.8) is 0 Å². The van der Waals surface area contributed by atoms with Crippen molar-refractivity contribution in [3.05, 3.63) is 28.2 Å². The van der Waals surface area contributed by atoms with Gasteiger partial charge in [-0.2, -0.15) is 0 Å². The van der Waals surface area contributed by atoms with Gasteiger partial charge in [-0.25, -0.2) is 8.42 Å². The molecule has 0 saturated carbocycles. The first kappa shape index (κ1) is 11.7. The van der Waals surface area contributed by atoms with Gasteiger partial charge in [0.1, 0.15) is 0 Å². The highest BCUT2D eigenvalue weighted by Crippen LogP contribution is 2.22. The monoisotopic (exact) mass is 276 g/mol. The van der Waals surface area contributed by atoms with Crippen LogP contribution < -0.4 is 0 Å². The Kier molecular flexibility index (Phi) is 3.37. The number of aryl methyl sites for hydroxylation is 1. The van der Waals surface area contributed by atoms with Crippen LogP contribution in [0.25, 0.3) is 0 Å².